The van der Waals surface area contributed by atoms with Gasteiger partial charge in [-0.25, -0.2) is 4.79 Å². The van der Waals surface area contributed by atoms with Gasteiger partial charge in [-0.05, 0) is 6.92 Å². The summed E-state index contributed by atoms with van der Waals surface area (Å²) in [4.78, 5) is 30.6. The Bertz CT molecular complexity index is 784. The number of aromatic nitrogens is 5. The number of thioether (sulfide) groups is 1. The highest BCUT2D eigenvalue weighted by atomic mass is 32.2. The molecule has 104 valence electrons. The zero-order valence-electron chi connectivity index (χ0n) is 10.7. The van der Waals surface area contributed by atoms with E-state index in [0.29, 0.717) is 22.4 Å². The summed E-state index contributed by atoms with van der Waals surface area (Å²) in [5.74, 6) is 1.45. The molecule has 0 saturated heterocycles. The first kappa shape index (κ1) is 12.7. The standard InChI is InChI=1S/C10H11N7O2S/c1-5-3-7(18)16(9(19)12-5)8-13-14-10-17(8)15-6(11-2)4-20-10/h3H,4H2,1-2H3,(H,11,15)(H,12,19). The summed E-state index contributed by atoms with van der Waals surface area (Å²) in [6.07, 6.45) is 0. The van der Waals surface area contributed by atoms with Crippen LogP contribution in [0.2, 0.25) is 0 Å². The molecule has 0 radical (unpaired) electrons. The third-order valence-electron chi connectivity index (χ3n) is 2.73. The predicted octanol–water partition coefficient (Wildman–Crippen LogP) is -0.897. The van der Waals surface area contributed by atoms with E-state index in [9.17, 15) is 9.59 Å². The van der Waals surface area contributed by atoms with Crippen molar-refractivity contribution in [1.29, 1.82) is 0 Å². The van der Waals surface area contributed by atoms with Crippen LogP contribution in [-0.2, 0) is 0 Å². The van der Waals surface area contributed by atoms with Gasteiger partial charge in [0.15, 0.2) is 0 Å². The van der Waals surface area contributed by atoms with E-state index in [1.54, 1.807) is 14.0 Å². The van der Waals surface area contributed by atoms with Crippen LogP contribution in [0.1, 0.15) is 5.69 Å². The molecule has 0 amide bonds. The van der Waals surface area contributed by atoms with Gasteiger partial charge >= 0.3 is 5.69 Å². The lowest BCUT2D eigenvalue weighted by atomic mass is 10.4. The fourth-order valence-electron chi connectivity index (χ4n) is 1.81. The maximum Gasteiger partial charge on any atom is 0.335 e. The van der Waals surface area contributed by atoms with E-state index < -0.39 is 11.2 Å². The largest absolute Gasteiger partial charge is 0.335 e. The molecule has 10 heteroatoms. The molecule has 3 rings (SSSR count). The number of fused-ring (bicyclic) bond motifs is 1. The summed E-state index contributed by atoms with van der Waals surface area (Å²) in [5, 5.41) is 8.43. The maximum atomic E-state index is 12.0. The Morgan fingerprint density at radius 1 is 1.40 bits per heavy atom. The van der Waals surface area contributed by atoms with Crippen molar-refractivity contribution in [1.82, 2.24) is 24.4 Å². The van der Waals surface area contributed by atoms with Crippen LogP contribution in [0.15, 0.2) is 25.8 Å². The van der Waals surface area contributed by atoms with Crippen LogP contribution < -0.4 is 16.7 Å². The first-order valence-electron chi connectivity index (χ1n) is 5.74. The number of hydrogen-bond donors (Lipinski definition) is 2. The second kappa shape index (κ2) is 4.63. The van der Waals surface area contributed by atoms with Crippen molar-refractivity contribution in [3.63, 3.8) is 0 Å². The summed E-state index contributed by atoms with van der Waals surface area (Å²) in [7, 11) is 1.66. The average Bonchev–Trinajstić information content (AvgIpc) is 2.80. The Kier molecular flexibility index (Phi) is 2.93. The van der Waals surface area contributed by atoms with Crippen LogP contribution in [0.25, 0.3) is 5.95 Å². The van der Waals surface area contributed by atoms with Gasteiger partial charge in [0.05, 0.1) is 5.75 Å². The lowest BCUT2D eigenvalue weighted by Gasteiger charge is -2.18. The molecule has 9 nitrogen and oxygen atoms in total. The van der Waals surface area contributed by atoms with Gasteiger partial charge in [-0.1, -0.05) is 11.8 Å². The molecule has 1 aliphatic heterocycles. The number of amidine groups is 1. The summed E-state index contributed by atoms with van der Waals surface area (Å²) in [6, 6.07) is 1.33. The first-order chi connectivity index (χ1) is 9.60. The normalized spacial score (nSPS) is 16.0. The summed E-state index contributed by atoms with van der Waals surface area (Å²) < 4.78 is 2.40. The number of hydrogen-bond acceptors (Lipinski definition) is 6. The number of aryl methyl sites for hydroxylation is 1. The SMILES string of the molecule is CN=C1CSc2nnc(-n3c(=O)cc(C)[nH]c3=O)n2N1. The molecular weight excluding hydrogens is 282 g/mol. The average molecular weight is 293 g/mol. The number of rotatable bonds is 1. The third-order valence-corrected chi connectivity index (χ3v) is 3.67. The second-order valence-corrected chi connectivity index (χ2v) is 5.06. The Hall–Kier alpha value is -2.36. The smallest absolute Gasteiger partial charge is 0.311 e. The lowest BCUT2D eigenvalue weighted by molar-refractivity contribution is 0.738. The molecule has 1 aliphatic rings. The van der Waals surface area contributed by atoms with Crippen LogP contribution in [-0.4, -0.2) is 43.1 Å². The summed E-state index contributed by atoms with van der Waals surface area (Å²) >= 11 is 1.42. The van der Waals surface area contributed by atoms with Crippen molar-refractivity contribution in [3.8, 4) is 5.95 Å². The monoisotopic (exact) mass is 293 g/mol. The highest BCUT2D eigenvalue weighted by molar-refractivity contribution is 7.99. The predicted molar refractivity (Wildman–Crippen MR) is 74.4 cm³/mol. The molecule has 0 unspecified atom stereocenters. The van der Waals surface area contributed by atoms with E-state index in [1.807, 2.05) is 0 Å². The zero-order valence-corrected chi connectivity index (χ0v) is 11.6. The van der Waals surface area contributed by atoms with Crippen molar-refractivity contribution >= 4 is 17.6 Å². The highest BCUT2D eigenvalue weighted by Gasteiger charge is 2.22. The Balaban J connectivity index is 2.21. The molecule has 2 aromatic rings. The van der Waals surface area contributed by atoms with E-state index in [2.05, 4.69) is 25.6 Å². The lowest BCUT2D eigenvalue weighted by Crippen LogP contribution is -2.39. The van der Waals surface area contributed by atoms with Crippen LogP contribution in [0, 0.1) is 6.92 Å². The topological polar surface area (TPSA) is 110 Å². The van der Waals surface area contributed by atoms with Gasteiger partial charge in [0.25, 0.3) is 11.5 Å². The molecule has 0 bridgehead atoms. The van der Waals surface area contributed by atoms with Gasteiger partial charge in [0, 0.05) is 18.8 Å². The van der Waals surface area contributed by atoms with Gasteiger partial charge < -0.3 is 4.98 Å². The van der Waals surface area contributed by atoms with E-state index in [1.165, 1.54) is 22.5 Å². The van der Waals surface area contributed by atoms with Crippen molar-refractivity contribution < 1.29 is 0 Å². The fraction of sp³-hybridized carbons (Fsp3) is 0.300. The van der Waals surface area contributed by atoms with Crippen LogP contribution in [0.5, 0.6) is 0 Å². The number of nitrogens with zero attached hydrogens (tertiary/aromatic N) is 5. The van der Waals surface area contributed by atoms with Gasteiger partial charge in [0.2, 0.25) is 5.16 Å². The number of H-pyrrole nitrogens is 1. The molecule has 0 aromatic carbocycles. The van der Waals surface area contributed by atoms with Crippen molar-refractivity contribution in [2.24, 2.45) is 4.99 Å². The van der Waals surface area contributed by atoms with Crippen LogP contribution in [0.4, 0.5) is 0 Å². The van der Waals surface area contributed by atoms with Crippen molar-refractivity contribution in [2.45, 2.75) is 12.1 Å². The van der Waals surface area contributed by atoms with Gasteiger partial charge in [-0.15, -0.1) is 10.2 Å². The molecule has 2 N–H and O–H groups in total. The Labute approximate surface area is 116 Å². The zero-order chi connectivity index (χ0) is 14.3. The number of aromatic amines is 1. The molecule has 3 heterocycles. The first-order valence-corrected chi connectivity index (χ1v) is 6.73. The molecule has 0 saturated carbocycles. The van der Waals surface area contributed by atoms with Crippen LogP contribution >= 0.6 is 11.8 Å². The summed E-state index contributed by atoms with van der Waals surface area (Å²) in [5.41, 5.74) is 2.44. The van der Waals surface area contributed by atoms with Gasteiger partial charge in [-0.2, -0.15) is 9.24 Å². The second-order valence-electron chi connectivity index (χ2n) is 4.12. The van der Waals surface area contributed by atoms with E-state index in [0.717, 1.165) is 4.57 Å². The highest BCUT2D eigenvalue weighted by Crippen LogP contribution is 2.20. The molecule has 20 heavy (non-hydrogen) atoms. The Morgan fingerprint density at radius 2 is 2.20 bits per heavy atom. The summed E-state index contributed by atoms with van der Waals surface area (Å²) in [6.45, 7) is 1.64. The van der Waals surface area contributed by atoms with Crippen molar-refractivity contribution in [3.05, 3.63) is 32.6 Å². The van der Waals surface area contributed by atoms with E-state index in [-0.39, 0.29) is 5.95 Å². The number of aliphatic imine (C=N–C) groups is 1. The van der Waals surface area contributed by atoms with E-state index in [4.69, 9.17) is 0 Å². The minimum Gasteiger partial charge on any atom is -0.311 e. The molecule has 2 aromatic heterocycles. The quantitative estimate of drug-likeness (QED) is 0.705. The minimum absolute atomic E-state index is 0.111. The third kappa shape index (κ3) is 1.93. The Morgan fingerprint density at radius 3 is 2.90 bits per heavy atom. The van der Waals surface area contributed by atoms with Crippen LogP contribution in [0.3, 0.4) is 0 Å². The molecule has 0 fully saturated rings. The number of nitrogens with one attached hydrogen (secondary N) is 2. The van der Waals surface area contributed by atoms with Crippen molar-refractivity contribution in [2.75, 3.05) is 18.2 Å². The van der Waals surface area contributed by atoms with Gasteiger partial charge in [0.1, 0.15) is 5.84 Å². The maximum absolute atomic E-state index is 12.0. The molecule has 0 spiro atoms. The van der Waals surface area contributed by atoms with Gasteiger partial charge in [-0.3, -0.25) is 15.2 Å². The minimum atomic E-state index is -0.558. The fourth-order valence-corrected chi connectivity index (χ4v) is 2.62. The molecule has 0 aliphatic carbocycles. The molecule has 0 atom stereocenters. The van der Waals surface area contributed by atoms with E-state index >= 15 is 0 Å². The molecular formula is C10H11N7O2S.